The normalized spacial score (nSPS) is 24.8. The molecule has 1 fully saturated rings. The molecule has 2 heterocycles. The zero-order chi connectivity index (χ0) is 15.1. The molecule has 0 bridgehead atoms. The standard InChI is InChI=1S/C11H15BrN2O4S2/c1-6-3-4-8(10(15)16)5-14(6)20(17,18)11-13-7(2)9(12)19-11/h6,8H,3-5H2,1-2H3,(H,15,16). The number of piperidine rings is 1. The number of thiazole rings is 1. The summed E-state index contributed by atoms with van der Waals surface area (Å²) in [6.07, 6.45) is 1.05. The third kappa shape index (κ3) is 2.90. The van der Waals surface area contributed by atoms with Crippen LogP contribution in [0.1, 0.15) is 25.5 Å². The summed E-state index contributed by atoms with van der Waals surface area (Å²) in [6.45, 7) is 3.53. The zero-order valence-corrected chi connectivity index (χ0v) is 14.3. The number of halogens is 1. The summed E-state index contributed by atoms with van der Waals surface area (Å²) in [7, 11) is -3.73. The van der Waals surface area contributed by atoms with Gasteiger partial charge in [-0.3, -0.25) is 4.79 Å². The zero-order valence-electron chi connectivity index (χ0n) is 11.0. The van der Waals surface area contributed by atoms with Crippen LogP contribution >= 0.6 is 27.3 Å². The number of sulfonamides is 1. The van der Waals surface area contributed by atoms with E-state index in [1.807, 2.05) is 0 Å². The molecule has 112 valence electrons. The van der Waals surface area contributed by atoms with Gasteiger partial charge in [0.15, 0.2) is 0 Å². The summed E-state index contributed by atoms with van der Waals surface area (Å²) in [5, 5.41) is 9.08. The van der Waals surface area contributed by atoms with Crippen molar-refractivity contribution in [1.82, 2.24) is 9.29 Å². The van der Waals surface area contributed by atoms with Crippen LogP contribution in [0.25, 0.3) is 0 Å². The Morgan fingerprint density at radius 1 is 1.50 bits per heavy atom. The molecule has 1 aliphatic heterocycles. The van der Waals surface area contributed by atoms with E-state index >= 15 is 0 Å². The Labute approximate surface area is 130 Å². The number of aryl methyl sites for hydroxylation is 1. The summed E-state index contributed by atoms with van der Waals surface area (Å²) in [5.74, 6) is -1.60. The fraction of sp³-hybridized carbons (Fsp3) is 0.636. The highest BCUT2D eigenvalue weighted by Crippen LogP contribution is 2.33. The van der Waals surface area contributed by atoms with Crippen LogP contribution in [-0.4, -0.2) is 41.4 Å². The largest absolute Gasteiger partial charge is 0.481 e. The first-order valence-corrected chi connectivity index (χ1v) is 9.16. The maximum absolute atomic E-state index is 12.6. The summed E-state index contributed by atoms with van der Waals surface area (Å²) in [5.41, 5.74) is 0.619. The van der Waals surface area contributed by atoms with Crippen LogP contribution in [0.2, 0.25) is 0 Å². The molecule has 0 radical (unpaired) electrons. The average molecular weight is 383 g/mol. The molecule has 20 heavy (non-hydrogen) atoms. The number of hydrogen-bond acceptors (Lipinski definition) is 5. The highest BCUT2D eigenvalue weighted by molar-refractivity contribution is 9.11. The van der Waals surface area contributed by atoms with E-state index in [0.717, 1.165) is 11.3 Å². The number of aliphatic carboxylic acids is 1. The molecule has 0 amide bonds. The summed E-state index contributed by atoms with van der Waals surface area (Å²) in [4.78, 5) is 15.1. The summed E-state index contributed by atoms with van der Waals surface area (Å²) < 4.78 is 27.1. The van der Waals surface area contributed by atoms with Crippen molar-refractivity contribution in [3.8, 4) is 0 Å². The van der Waals surface area contributed by atoms with Gasteiger partial charge in [0, 0.05) is 12.6 Å². The van der Waals surface area contributed by atoms with Gasteiger partial charge in [0.1, 0.15) is 0 Å². The lowest BCUT2D eigenvalue weighted by Gasteiger charge is -2.34. The molecule has 2 rings (SSSR count). The fourth-order valence-electron chi connectivity index (χ4n) is 2.18. The molecule has 1 aromatic rings. The lowest BCUT2D eigenvalue weighted by Crippen LogP contribution is -2.47. The van der Waals surface area contributed by atoms with Gasteiger partial charge >= 0.3 is 5.97 Å². The Bertz CT molecular complexity index is 609. The van der Waals surface area contributed by atoms with Crippen molar-refractivity contribution in [2.75, 3.05) is 6.54 Å². The van der Waals surface area contributed by atoms with Crippen LogP contribution in [0, 0.1) is 12.8 Å². The van der Waals surface area contributed by atoms with Crippen LogP contribution in [0.5, 0.6) is 0 Å². The quantitative estimate of drug-likeness (QED) is 0.864. The third-order valence-corrected chi connectivity index (χ3v) is 7.76. The second-order valence-corrected chi connectivity index (χ2v) is 9.26. The van der Waals surface area contributed by atoms with Gasteiger partial charge in [0.2, 0.25) is 4.34 Å². The molecular formula is C11H15BrN2O4S2. The van der Waals surface area contributed by atoms with E-state index < -0.39 is 21.9 Å². The smallest absolute Gasteiger partial charge is 0.307 e. The van der Waals surface area contributed by atoms with Crippen molar-refractivity contribution in [2.24, 2.45) is 5.92 Å². The minimum absolute atomic E-state index is 0.00901. The van der Waals surface area contributed by atoms with Gasteiger partial charge in [-0.2, -0.15) is 4.31 Å². The molecule has 1 saturated heterocycles. The molecular weight excluding hydrogens is 368 g/mol. The molecule has 6 nitrogen and oxygen atoms in total. The number of carboxylic acid groups (broad SMARTS) is 1. The van der Waals surface area contributed by atoms with E-state index in [2.05, 4.69) is 20.9 Å². The first-order valence-electron chi connectivity index (χ1n) is 6.11. The van der Waals surface area contributed by atoms with Crippen molar-refractivity contribution in [1.29, 1.82) is 0 Å². The van der Waals surface area contributed by atoms with E-state index in [1.165, 1.54) is 4.31 Å². The Morgan fingerprint density at radius 2 is 2.15 bits per heavy atom. The van der Waals surface area contributed by atoms with E-state index in [1.54, 1.807) is 13.8 Å². The van der Waals surface area contributed by atoms with Crippen molar-refractivity contribution in [2.45, 2.75) is 37.1 Å². The van der Waals surface area contributed by atoms with Crippen molar-refractivity contribution in [3.05, 3.63) is 9.48 Å². The molecule has 1 aromatic heterocycles. The van der Waals surface area contributed by atoms with Gasteiger partial charge in [-0.15, -0.1) is 0 Å². The number of rotatable bonds is 3. The predicted molar refractivity (Wildman–Crippen MR) is 78.3 cm³/mol. The van der Waals surface area contributed by atoms with Crippen LogP contribution in [-0.2, 0) is 14.8 Å². The van der Waals surface area contributed by atoms with Gasteiger partial charge in [-0.05, 0) is 42.6 Å². The minimum Gasteiger partial charge on any atom is -0.481 e. The van der Waals surface area contributed by atoms with Crippen LogP contribution in [0.15, 0.2) is 8.13 Å². The van der Waals surface area contributed by atoms with Crippen molar-refractivity contribution in [3.63, 3.8) is 0 Å². The first-order chi connectivity index (χ1) is 9.23. The number of hydrogen-bond donors (Lipinski definition) is 1. The molecule has 0 saturated carbocycles. The van der Waals surface area contributed by atoms with Crippen molar-refractivity contribution >= 4 is 43.3 Å². The maximum atomic E-state index is 12.6. The van der Waals surface area contributed by atoms with E-state index in [9.17, 15) is 13.2 Å². The van der Waals surface area contributed by atoms with Crippen LogP contribution in [0.4, 0.5) is 0 Å². The van der Waals surface area contributed by atoms with E-state index in [0.29, 0.717) is 22.3 Å². The molecule has 2 unspecified atom stereocenters. The number of carboxylic acids is 1. The summed E-state index contributed by atoms with van der Waals surface area (Å²) >= 11 is 4.32. The van der Waals surface area contributed by atoms with Crippen LogP contribution in [0.3, 0.4) is 0 Å². The molecule has 1 aliphatic rings. The van der Waals surface area contributed by atoms with Gasteiger partial charge in [-0.1, -0.05) is 11.3 Å². The van der Waals surface area contributed by atoms with Gasteiger partial charge < -0.3 is 5.11 Å². The molecule has 0 aromatic carbocycles. The number of carbonyl (C=O) groups is 1. The fourth-order valence-corrected chi connectivity index (χ4v) is 5.94. The Balaban J connectivity index is 2.34. The van der Waals surface area contributed by atoms with E-state index in [-0.39, 0.29) is 16.9 Å². The van der Waals surface area contributed by atoms with Crippen LogP contribution < -0.4 is 0 Å². The number of aromatic nitrogens is 1. The molecule has 1 N–H and O–H groups in total. The molecule has 0 aliphatic carbocycles. The second kappa shape index (κ2) is 5.70. The average Bonchev–Trinajstić information content (AvgIpc) is 2.70. The first kappa shape index (κ1) is 15.9. The third-order valence-electron chi connectivity index (χ3n) is 3.42. The monoisotopic (exact) mass is 382 g/mol. The minimum atomic E-state index is -3.73. The van der Waals surface area contributed by atoms with E-state index in [4.69, 9.17) is 5.11 Å². The highest BCUT2D eigenvalue weighted by Gasteiger charge is 2.39. The predicted octanol–water partition coefficient (Wildman–Crippen LogP) is 2.09. The number of nitrogens with zero attached hydrogens (tertiary/aromatic N) is 2. The lowest BCUT2D eigenvalue weighted by molar-refractivity contribution is -0.143. The summed E-state index contributed by atoms with van der Waals surface area (Å²) in [6, 6.07) is -0.210. The molecule has 9 heteroatoms. The lowest BCUT2D eigenvalue weighted by atomic mass is 9.96. The van der Waals surface area contributed by atoms with Gasteiger partial charge in [0.05, 0.1) is 15.4 Å². The second-order valence-electron chi connectivity index (χ2n) is 4.88. The Kier molecular flexibility index (Phi) is 4.53. The maximum Gasteiger partial charge on any atom is 0.307 e. The molecule has 0 spiro atoms. The Morgan fingerprint density at radius 3 is 2.65 bits per heavy atom. The topological polar surface area (TPSA) is 87.6 Å². The Hall–Kier alpha value is -0.510. The van der Waals surface area contributed by atoms with Crippen molar-refractivity contribution < 1.29 is 18.3 Å². The SMILES string of the molecule is Cc1nc(S(=O)(=O)N2CC(C(=O)O)CCC2C)sc1Br. The highest BCUT2D eigenvalue weighted by atomic mass is 79.9. The van der Waals surface area contributed by atoms with Gasteiger partial charge in [0.25, 0.3) is 10.0 Å². The van der Waals surface area contributed by atoms with Gasteiger partial charge in [-0.25, -0.2) is 13.4 Å². The molecule has 2 atom stereocenters.